The van der Waals surface area contributed by atoms with E-state index < -0.39 is 10.8 Å². The Hall–Kier alpha value is -2.11. The molecule has 0 saturated heterocycles. The first-order valence-electron chi connectivity index (χ1n) is 8.80. The maximum atomic E-state index is 12.7. The molecule has 2 aliphatic rings. The van der Waals surface area contributed by atoms with Crippen LogP contribution in [0.1, 0.15) is 62.3 Å². The number of aryl methyl sites for hydroxylation is 1. The normalized spacial score (nSPS) is 29.2. The number of aromatic nitrogens is 2. The molecule has 1 heterocycles. The van der Waals surface area contributed by atoms with Crippen LogP contribution in [0.25, 0.3) is 0 Å². The number of Topliss-reactive ketones (excluding diaryl/α,β-unsaturated/α-hetero) is 1. The van der Waals surface area contributed by atoms with Gasteiger partial charge in [-0.15, -0.1) is 0 Å². The first-order chi connectivity index (χ1) is 11.7. The predicted molar refractivity (Wildman–Crippen MR) is 92.4 cm³/mol. The lowest BCUT2D eigenvalue weighted by Crippen LogP contribution is -2.53. The quantitative estimate of drug-likeness (QED) is 0.506. The lowest BCUT2D eigenvalue weighted by molar-refractivity contribution is -0.131. The molecule has 1 aromatic rings. The minimum atomic E-state index is -0.582. The monoisotopic (exact) mass is 346 g/mol. The largest absolute Gasteiger partial charge is 0.515 e. The summed E-state index contributed by atoms with van der Waals surface area (Å²) in [7, 11) is 1.75. The molecule has 3 rings (SSSR count). The van der Waals surface area contributed by atoms with Crippen molar-refractivity contribution in [3.63, 3.8) is 0 Å². The lowest BCUT2D eigenvalue weighted by Gasteiger charge is -2.52. The Labute approximate surface area is 147 Å². The highest BCUT2D eigenvalue weighted by Gasteiger charge is 2.57. The number of allylic oxidation sites excluding steroid dienone is 1. The molecule has 6 heteroatoms. The van der Waals surface area contributed by atoms with E-state index in [-0.39, 0.29) is 17.7 Å². The van der Waals surface area contributed by atoms with Gasteiger partial charge in [0.2, 0.25) is 0 Å². The van der Waals surface area contributed by atoms with Crippen molar-refractivity contribution >= 4 is 11.8 Å². The zero-order valence-corrected chi connectivity index (χ0v) is 15.5. The fraction of sp³-hybridized carbons (Fsp3) is 0.632. The molecule has 0 unspecified atom stereocenters. The van der Waals surface area contributed by atoms with Crippen LogP contribution >= 0.6 is 0 Å². The number of carbonyl (C=O) groups excluding carboxylic acids is 2. The highest BCUT2D eigenvalue weighted by molar-refractivity contribution is 6.01. The number of aliphatic hydroxyl groups is 1. The van der Waals surface area contributed by atoms with Gasteiger partial charge in [0, 0.05) is 29.0 Å². The van der Waals surface area contributed by atoms with Gasteiger partial charge in [-0.3, -0.25) is 9.48 Å². The predicted octanol–water partition coefficient (Wildman–Crippen LogP) is 2.86. The fourth-order valence-electron chi connectivity index (χ4n) is 5.01. The topological polar surface area (TPSA) is 81.4 Å². The van der Waals surface area contributed by atoms with Gasteiger partial charge in [-0.05, 0) is 32.1 Å². The van der Waals surface area contributed by atoms with Crippen molar-refractivity contribution in [2.45, 2.75) is 52.4 Å². The molecule has 1 saturated carbocycles. The zero-order chi connectivity index (χ0) is 18.6. The summed E-state index contributed by atoms with van der Waals surface area (Å²) in [4.78, 5) is 25.1. The number of aliphatic hydroxyl groups excluding tert-OH is 1. The summed E-state index contributed by atoms with van der Waals surface area (Å²) in [6, 6.07) is 0. The molecule has 136 valence electrons. The average molecular weight is 346 g/mol. The van der Waals surface area contributed by atoms with E-state index in [1.54, 1.807) is 18.7 Å². The summed E-state index contributed by atoms with van der Waals surface area (Å²) in [5.74, 6) is -0.249. The Morgan fingerprint density at radius 1 is 1.44 bits per heavy atom. The van der Waals surface area contributed by atoms with E-state index in [1.165, 1.54) is 0 Å². The molecular weight excluding hydrogens is 320 g/mol. The van der Waals surface area contributed by atoms with Crippen molar-refractivity contribution in [3.05, 3.63) is 28.8 Å². The number of carbonyl (C=O) groups is 2. The Morgan fingerprint density at radius 3 is 2.72 bits per heavy atom. The van der Waals surface area contributed by atoms with Crippen LogP contribution in [0.2, 0.25) is 0 Å². The third-order valence-corrected chi connectivity index (χ3v) is 6.07. The van der Waals surface area contributed by atoms with Crippen LogP contribution in [-0.4, -0.2) is 33.2 Å². The average Bonchev–Trinajstić information content (AvgIpc) is 2.89. The third-order valence-electron chi connectivity index (χ3n) is 6.07. The standard InChI is InChI=1S/C19H26N2O4/c1-6-25-17(24)14-12-7-8-13-18(2,3)16(23)11(10-22)9-19(13,4)15(12)20-21(14)5/h10,13,22H,6-9H2,1-5H3/b11-10-/t13-,19-/m0/s1. The second kappa shape index (κ2) is 5.71. The molecule has 1 N–H and O–H groups in total. The minimum Gasteiger partial charge on any atom is -0.515 e. The number of hydrogen-bond donors (Lipinski definition) is 1. The smallest absolute Gasteiger partial charge is 0.356 e. The fourth-order valence-corrected chi connectivity index (χ4v) is 5.01. The Morgan fingerprint density at radius 2 is 2.12 bits per heavy atom. The maximum Gasteiger partial charge on any atom is 0.356 e. The van der Waals surface area contributed by atoms with Gasteiger partial charge >= 0.3 is 5.97 Å². The van der Waals surface area contributed by atoms with Crippen LogP contribution in [0.15, 0.2) is 11.8 Å². The van der Waals surface area contributed by atoms with E-state index in [0.717, 1.165) is 23.9 Å². The SMILES string of the molecule is CCOC(=O)c1c2c(nn1C)[C@@]1(C)C/C(=C/O)C(=O)C(C)(C)[C@@H]1CC2. The van der Waals surface area contributed by atoms with Gasteiger partial charge in [0.25, 0.3) is 0 Å². The third kappa shape index (κ3) is 2.34. The summed E-state index contributed by atoms with van der Waals surface area (Å²) in [5.41, 5.74) is 1.72. The summed E-state index contributed by atoms with van der Waals surface area (Å²) in [6.07, 6.45) is 2.88. The van der Waals surface area contributed by atoms with Gasteiger partial charge < -0.3 is 9.84 Å². The zero-order valence-electron chi connectivity index (χ0n) is 15.5. The molecule has 1 aromatic heterocycles. The molecule has 25 heavy (non-hydrogen) atoms. The van der Waals surface area contributed by atoms with Crippen LogP contribution in [0, 0.1) is 11.3 Å². The van der Waals surface area contributed by atoms with Crippen LogP contribution < -0.4 is 0 Å². The molecule has 1 fully saturated rings. The van der Waals surface area contributed by atoms with Crippen LogP contribution in [0.4, 0.5) is 0 Å². The molecule has 0 bridgehead atoms. The summed E-state index contributed by atoms with van der Waals surface area (Å²) >= 11 is 0. The Bertz CT molecular complexity index is 775. The van der Waals surface area contributed by atoms with Gasteiger partial charge in [0.05, 0.1) is 18.6 Å². The molecule has 2 aliphatic carbocycles. The van der Waals surface area contributed by atoms with Crippen LogP contribution in [0.3, 0.4) is 0 Å². The van der Waals surface area contributed by atoms with E-state index in [2.05, 4.69) is 12.0 Å². The van der Waals surface area contributed by atoms with E-state index in [9.17, 15) is 14.7 Å². The number of rotatable bonds is 2. The van der Waals surface area contributed by atoms with Crippen molar-refractivity contribution in [1.82, 2.24) is 9.78 Å². The van der Waals surface area contributed by atoms with E-state index in [0.29, 0.717) is 30.7 Å². The second-order valence-corrected chi connectivity index (χ2v) is 7.91. The molecule has 0 radical (unpaired) electrons. The Balaban J connectivity index is 2.16. The summed E-state index contributed by atoms with van der Waals surface area (Å²) in [6.45, 7) is 8.08. The van der Waals surface area contributed by atoms with Gasteiger partial charge in [0.1, 0.15) is 5.69 Å². The molecule has 0 aromatic carbocycles. The van der Waals surface area contributed by atoms with Gasteiger partial charge in [-0.1, -0.05) is 20.8 Å². The molecule has 0 aliphatic heterocycles. The Kier molecular flexibility index (Phi) is 4.05. The number of ketones is 1. The first kappa shape index (κ1) is 17.7. The van der Waals surface area contributed by atoms with Crippen molar-refractivity contribution in [1.29, 1.82) is 0 Å². The van der Waals surface area contributed by atoms with Gasteiger partial charge in [0.15, 0.2) is 5.78 Å². The molecule has 6 nitrogen and oxygen atoms in total. The summed E-state index contributed by atoms with van der Waals surface area (Å²) in [5, 5.41) is 14.2. The maximum absolute atomic E-state index is 12.7. The number of ether oxygens (including phenoxy) is 1. The van der Waals surface area contributed by atoms with Crippen molar-refractivity contribution in [2.75, 3.05) is 6.61 Å². The number of nitrogens with zero attached hydrogens (tertiary/aromatic N) is 2. The van der Waals surface area contributed by atoms with E-state index in [1.807, 2.05) is 13.8 Å². The van der Waals surface area contributed by atoms with Crippen LogP contribution in [-0.2, 0) is 28.4 Å². The highest BCUT2D eigenvalue weighted by atomic mass is 16.5. The van der Waals surface area contributed by atoms with E-state index in [4.69, 9.17) is 4.74 Å². The lowest BCUT2D eigenvalue weighted by atomic mass is 9.50. The van der Waals surface area contributed by atoms with Gasteiger partial charge in [-0.25, -0.2) is 4.79 Å². The number of hydrogen-bond acceptors (Lipinski definition) is 5. The molecule has 0 amide bonds. The van der Waals surface area contributed by atoms with Gasteiger partial charge in [-0.2, -0.15) is 5.10 Å². The van der Waals surface area contributed by atoms with E-state index >= 15 is 0 Å². The number of esters is 1. The summed E-state index contributed by atoms with van der Waals surface area (Å²) < 4.78 is 6.80. The van der Waals surface area contributed by atoms with Crippen molar-refractivity contribution in [2.24, 2.45) is 18.4 Å². The van der Waals surface area contributed by atoms with Crippen LogP contribution in [0.5, 0.6) is 0 Å². The second-order valence-electron chi connectivity index (χ2n) is 7.91. The first-order valence-corrected chi connectivity index (χ1v) is 8.80. The molecule has 2 atom stereocenters. The van der Waals surface area contributed by atoms with Crippen molar-refractivity contribution in [3.8, 4) is 0 Å². The van der Waals surface area contributed by atoms with Crippen molar-refractivity contribution < 1.29 is 19.4 Å². The molecular formula is C19H26N2O4. The minimum absolute atomic E-state index is 0.00229. The number of fused-ring (bicyclic) bond motifs is 3. The highest BCUT2D eigenvalue weighted by Crippen LogP contribution is 2.57. The molecule has 0 spiro atoms.